The zero-order valence-corrected chi connectivity index (χ0v) is 12.0. The van der Waals surface area contributed by atoms with Gasteiger partial charge in [0, 0.05) is 26.3 Å². The molecule has 0 aromatic heterocycles. The lowest BCUT2D eigenvalue weighted by molar-refractivity contribution is -0.120. The maximum absolute atomic E-state index is 11.6. The van der Waals surface area contributed by atoms with Crippen molar-refractivity contribution in [3.63, 3.8) is 0 Å². The second kappa shape index (κ2) is 8.48. The Morgan fingerprint density at radius 2 is 2.06 bits per heavy atom. The number of amides is 1. The van der Waals surface area contributed by atoms with Gasteiger partial charge in [0.1, 0.15) is 0 Å². The van der Waals surface area contributed by atoms with Crippen molar-refractivity contribution in [1.29, 1.82) is 0 Å². The van der Waals surface area contributed by atoms with E-state index in [-0.39, 0.29) is 5.91 Å². The molecule has 0 radical (unpaired) electrons. The van der Waals surface area contributed by atoms with Crippen molar-refractivity contribution in [2.24, 2.45) is 11.8 Å². The summed E-state index contributed by atoms with van der Waals surface area (Å²) in [4.78, 5) is 11.6. The van der Waals surface area contributed by atoms with Crippen LogP contribution in [-0.4, -0.2) is 38.8 Å². The lowest BCUT2D eigenvalue weighted by Crippen LogP contribution is -2.42. The van der Waals surface area contributed by atoms with Crippen LogP contribution in [-0.2, 0) is 9.53 Å². The van der Waals surface area contributed by atoms with Gasteiger partial charge >= 0.3 is 0 Å². The Bertz CT molecular complexity index is 246. The third-order valence-electron chi connectivity index (χ3n) is 4.00. The van der Waals surface area contributed by atoms with Gasteiger partial charge < -0.3 is 15.4 Å². The summed E-state index contributed by atoms with van der Waals surface area (Å²) in [5.41, 5.74) is 0. The fraction of sp³-hybridized carbons (Fsp3) is 0.929. The molecule has 0 aromatic rings. The minimum Gasteiger partial charge on any atom is -0.385 e. The summed E-state index contributed by atoms with van der Waals surface area (Å²) in [6.45, 7) is 6.48. The molecule has 4 heteroatoms. The van der Waals surface area contributed by atoms with E-state index in [1.807, 2.05) is 0 Å². The molecule has 3 unspecified atom stereocenters. The van der Waals surface area contributed by atoms with Gasteiger partial charge in [-0.1, -0.05) is 13.8 Å². The first kappa shape index (κ1) is 15.4. The van der Waals surface area contributed by atoms with Crippen molar-refractivity contribution in [3.8, 4) is 0 Å². The van der Waals surface area contributed by atoms with Crippen LogP contribution in [0.4, 0.5) is 0 Å². The Hall–Kier alpha value is -0.610. The van der Waals surface area contributed by atoms with Crippen LogP contribution in [0.1, 0.15) is 39.5 Å². The Labute approximate surface area is 111 Å². The minimum atomic E-state index is 0.0948. The molecule has 0 heterocycles. The number of hydrogen-bond donors (Lipinski definition) is 2. The number of hydrogen-bond acceptors (Lipinski definition) is 3. The number of carbonyl (C=O) groups excluding carboxylic acids is 1. The molecule has 1 saturated carbocycles. The molecule has 1 aliphatic rings. The van der Waals surface area contributed by atoms with Crippen molar-refractivity contribution in [2.45, 2.75) is 45.6 Å². The molecular weight excluding hydrogens is 228 g/mol. The maximum Gasteiger partial charge on any atom is 0.233 e. The predicted molar refractivity (Wildman–Crippen MR) is 73.5 cm³/mol. The highest BCUT2D eigenvalue weighted by atomic mass is 16.5. The van der Waals surface area contributed by atoms with E-state index in [2.05, 4.69) is 24.5 Å². The number of rotatable bonds is 7. The Kier molecular flexibility index (Phi) is 7.28. The van der Waals surface area contributed by atoms with Gasteiger partial charge in [-0.25, -0.2) is 0 Å². The average Bonchev–Trinajstić information content (AvgIpc) is 2.36. The maximum atomic E-state index is 11.6. The predicted octanol–water partition coefficient (Wildman–Crippen LogP) is 1.55. The summed E-state index contributed by atoms with van der Waals surface area (Å²) in [6.07, 6.45) is 4.54. The monoisotopic (exact) mass is 256 g/mol. The second-order valence-electron chi connectivity index (χ2n) is 5.54. The lowest BCUT2D eigenvalue weighted by Gasteiger charge is -2.32. The second-order valence-corrected chi connectivity index (χ2v) is 5.54. The highest BCUT2D eigenvalue weighted by molar-refractivity contribution is 5.77. The van der Waals surface area contributed by atoms with E-state index in [0.29, 0.717) is 25.7 Å². The molecule has 1 aliphatic carbocycles. The van der Waals surface area contributed by atoms with E-state index in [0.717, 1.165) is 18.3 Å². The highest BCUT2D eigenvalue weighted by Gasteiger charge is 2.24. The van der Waals surface area contributed by atoms with Crippen LogP contribution in [0.15, 0.2) is 0 Å². The van der Waals surface area contributed by atoms with E-state index in [4.69, 9.17) is 4.74 Å². The van der Waals surface area contributed by atoms with Crippen molar-refractivity contribution in [1.82, 2.24) is 10.6 Å². The number of nitrogens with one attached hydrogen (secondary N) is 2. The standard InChI is InChI=1S/C14H28N2O2/c1-11-5-6-13(9-12(11)2)16-10-14(17)15-7-4-8-18-3/h11-13,16H,4-10H2,1-3H3,(H,15,17). The van der Waals surface area contributed by atoms with E-state index in [1.165, 1.54) is 19.3 Å². The van der Waals surface area contributed by atoms with Gasteiger partial charge in [0.05, 0.1) is 6.54 Å². The van der Waals surface area contributed by atoms with Crippen LogP contribution in [0.2, 0.25) is 0 Å². The van der Waals surface area contributed by atoms with Gasteiger partial charge in [-0.15, -0.1) is 0 Å². The van der Waals surface area contributed by atoms with Crippen LogP contribution in [0.25, 0.3) is 0 Å². The number of methoxy groups -OCH3 is 1. The van der Waals surface area contributed by atoms with Gasteiger partial charge in [-0.3, -0.25) is 4.79 Å². The van der Waals surface area contributed by atoms with Crippen LogP contribution in [0.3, 0.4) is 0 Å². The van der Waals surface area contributed by atoms with Crippen LogP contribution < -0.4 is 10.6 Å². The molecule has 0 aliphatic heterocycles. The molecule has 2 N–H and O–H groups in total. The summed E-state index contributed by atoms with van der Waals surface area (Å²) in [7, 11) is 1.68. The average molecular weight is 256 g/mol. The van der Waals surface area contributed by atoms with Crippen LogP contribution >= 0.6 is 0 Å². The topological polar surface area (TPSA) is 50.4 Å². The summed E-state index contributed by atoms with van der Waals surface area (Å²) in [6, 6.07) is 0.515. The third kappa shape index (κ3) is 5.83. The van der Waals surface area contributed by atoms with Crippen LogP contribution in [0, 0.1) is 11.8 Å². The SMILES string of the molecule is COCCCNC(=O)CNC1CCC(C)C(C)C1. The van der Waals surface area contributed by atoms with Crippen molar-refractivity contribution in [2.75, 3.05) is 26.8 Å². The van der Waals surface area contributed by atoms with Gasteiger partial charge in [0.15, 0.2) is 0 Å². The van der Waals surface area contributed by atoms with Gasteiger partial charge in [-0.2, -0.15) is 0 Å². The Morgan fingerprint density at radius 1 is 1.28 bits per heavy atom. The number of ether oxygens (including phenoxy) is 1. The quantitative estimate of drug-likeness (QED) is 0.680. The molecule has 3 atom stereocenters. The smallest absolute Gasteiger partial charge is 0.233 e. The zero-order valence-electron chi connectivity index (χ0n) is 12.0. The first-order valence-electron chi connectivity index (χ1n) is 7.12. The molecule has 18 heavy (non-hydrogen) atoms. The first-order chi connectivity index (χ1) is 8.63. The molecule has 0 bridgehead atoms. The number of carbonyl (C=O) groups is 1. The van der Waals surface area contributed by atoms with Gasteiger partial charge in [-0.05, 0) is 37.5 Å². The highest BCUT2D eigenvalue weighted by Crippen LogP contribution is 2.29. The molecule has 0 spiro atoms. The summed E-state index contributed by atoms with van der Waals surface area (Å²) < 4.78 is 4.93. The molecule has 1 amide bonds. The molecule has 1 fully saturated rings. The Balaban J connectivity index is 2.07. The lowest BCUT2D eigenvalue weighted by atomic mass is 9.79. The fourth-order valence-corrected chi connectivity index (χ4v) is 2.48. The largest absolute Gasteiger partial charge is 0.385 e. The van der Waals surface area contributed by atoms with E-state index in [9.17, 15) is 4.79 Å². The van der Waals surface area contributed by atoms with Crippen molar-refractivity contribution < 1.29 is 9.53 Å². The molecule has 0 saturated heterocycles. The molecular formula is C14H28N2O2. The first-order valence-corrected chi connectivity index (χ1v) is 7.12. The minimum absolute atomic E-state index is 0.0948. The van der Waals surface area contributed by atoms with Gasteiger partial charge in [0.2, 0.25) is 5.91 Å². The molecule has 106 valence electrons. The molecule has 0 aromatic carbocycles. The third-order valence-corrected chi connectivity index (χ3v) is 4.00. The molecule has 4 nitrogen and oxygen atoms in total. The van der Waals surface area contributed by atoms with E-state index in [1.54, 1.807) is 7.11 Å². The Morgan fingerprint density at radius 3 is 2.72 bits per heavy atom. The zero-order chi connectivity index (χ0) is 13.4. The molecule has 1 rings (SSSR count). The van der Waals surface area contributed by atoms with Crippen molar-refractivity contribution >= 4 is 5.91 Å². The van der Waals surface area contributed by atoms with E-state index >= 15 is 0 Å². The fourth-order valence-electron chi connectivity index (χ4n) is 2.48. The summed E-state index contributed by atoms with van der Waals surface area (Å²) in [5, 5.41) is 6.27. The van der Waals surface area contributed by atoms with E-state index < -0.39 is 0 Å². The summed E-state index contributed by atoms with van der Waals surface area (Å²) in [5.74, 6) is 1.68. The van der Waals surface area contributed by atoms with Crippen molar-refractivity contribution in [3.05, 3.63) is 0 Å². The van der Waals surface area contributed by atoms with Gasteiger partial charge in [0.25, 0.3) is 0 Å². The normalized spacial score (nSPS) is 28.1. The van der Waals surface area contributed by atoms with Crippen LogP contribution in [0.5, 0.6) is 0 Å². The summed E-state index contributed by atoms with van der Waals surface area (Å²) >= 11 is 0.